The molecule has 146 valence electrons. The van der Waals surface area contributed by atoms with Crippen LogP contribution in [0.3, 0.4) is 0 Å². The summed E-state index contributed by atoms with van der Waals surface area (Å²) < 4.78 is 0. The van der Waals surface area contributed by atoms with Crippen LogP contribution in [0.1, 0.15) is 6.42 Å². The zero-order valence-electron chi connectivity index (χ0n) is 15.3. The van der Waals surface area contributed by atoms with Gasteiger partial charge in [-0.1, -0.05) is 41.9 Å². The number of benzene rings is 3. The number of nitrogens with one attached hydrogen (secondary N) is 1. The van der Waals surface area contributed by atoms with E-state index in [-0.39, 0.29) is 29.9 Å². The van der Waals surface area contributed by atoms with Gasteiger partial charge in [0, 0.05) is 17.1 Å². The van der Waals surface area contributed by atoms with E-state index in [4.69, 9.17) is 11.6 Å². The zero-order chi connectivity index (χ0) is 20.4. The van der Waals surface area contributed by atoms with Crippen molar-refractivity contribution >= 4 is 63.2 Å². The lowest BCUT2D eigenvalue weighted by molar-refractivity contribution is -0.121. The first-order valence-corrected chi connectivity index (χ1v) is 10.5. The molecule has 7 heteroatoms. The van der Waals surface area contributed by atoms with Crippen molar-refractivity contribution in [2.45, 2.75) is 11.7 Å². The molecule has 1 aliphatic rings. The Hall–Kier alpha value is -2.83. The van der Waals surface area contributed by atoms with Crippen LogP contribution in [0.15, 0.2) is 66.7 Å². The quantitative estimate of drug-likeness (QED) is 0.612. The highest BCUT2D eigenvalue weighted by atomic mass is 35.5. The number of amides is 3. The van der Waals surface area contributed by atoms with E-state index in [0.29, 0.717) is 16.4 Å². The number of halogens is 1. The standard InChI is InChI=1S/C22H17ClN2O3S/c23-16-6-9-18(10-7-16)25-21(27)12-19(22(25)28)29-13-20(26)24-17-8-5-14-3-1-2-4-15(14)11-17/h1-11,19H,12-13H2,(H,24,26)/t19-/m1/s1. The summed E-state index contributed by atoms with van der Waals surface area (Å²) in [5.41, 5.74) is 1.19. The van der Waals surface area contributed by atoms with E-state index < -0.39 is 5.25 Å². The van der Waals surface area contributed by atoms with Gasteiger partial charge in [-0.15, -0.1) is 11.8 Å². The van der Waals surface area contributed by atoms with Crippen molar-refractivity contribution < 1.29 is 14.4 Å². The summed E-state index contributed by atoms with van der Waals surface area (Å²) in [5, 5.41) is 4.94. The van der Waals surface area contributed by atoms with Gasteiger partial charge in [0.25, 0.3) is 0 Å². The van der Waals surface area contributed by atoms with Crippen molar-refractivity contribution in [2.75, 3.05) is 16.0 Å². The molecular weight excluding hydrogens is 408 g/mol. The molecule has 5 nitrogen and oxygen atoms in total. The van der Waals surface area contributed by atoms with Gasteiger partial charge in [0.05, 0.1) is 16.7 Å². The van der Waals surface area contributed by atoms with Crippen LogP contribution < -0.4 is 10.2 Å². The SMILES string of the molecule is O=C(CS[C@@H]1CC(=O)N(c2ccc(Cl)cc2)C1=O)Nc1ccc2ccccc2c1. The van der Waals surface area contributed by atoms with E-state index >= 15 is 0 Å². The van der Waals surface area contributed by atoms with Gasteiger partial charge in [0.1, 0.15) is 0 Å². The molecule has 29 heavy (non-hydrogen) atoms. The number of nitrogens with zero attached hydrogens (tertiary/aromatic N) is 1. The first kappa shape index (κ1) is 19.5. The molecule has 0 aliphatic carbocycles. The monoisotopic (exact) mass is 424 g/mol. The second-order valence-corrected chi connectivity index (χ2v) is 8.29. The number of thioether (sulfide) groups is 1. The van der Waals surface area contributed by atoms with Gasteiger partial charge in [-0.2, -0.15) is 0 Å². The Bertz CT molecular complexity index is 1100. The fourth-order valence-corrected chi connectivity index (χ4v) is 4.30. The highest BCUT2D eigenvalue weighted by Crippen LogP contribution is 2.30. The molecule has 4 rings (SSSR count). The van der Waals surface area contributed by atoms with Crippen LogP contribution >= 0.6 is 23.4 Å². The van der Waals surface area contributed by atoms with Crippen LogP contribution in [0, 0.1) is 0 Å². The Morgan fingerprint density at radius 3 is 2.52 bits per heavy atom. The van der Waals surface area contributed by atoms with Crippen LogP contribution in [0.2, 0.25) is 5.02 Å². The Kier molecular flexibility index (Phi) is 5.56. The van der Waals surface area contributed by atoms with Crippen molar-refractivity contribution in [3.8, 4) is 0 Å². The summed E-state index contributed by atoms with van der Waals surface area (Å²) in [4.78, 5) is 38.4. The lowest BCUT2D eigenvalue weighted by atomic mass is 10.1. The molecule has 0 spiro atoms. The maximum Gasteiger partial charge on any atom is 0.247 e. The Balaban J connectivity index is 1.37. The molecule has 3 amide bonds. The average molecular weight is 425 g/mol. The normalized spacial score (nSPS) is 16.4. The van der Waals surface area contributed by atoms with E-state index in [1.54, 1.807) is 24.3 Å². The van der Waals surface area contributed by atoms with Crippen LogP contribution in [0.4, 0.5) is 11.4 Å². The Labute approximate surface area is 177 Å². The van der Waals surface area contributed by atoms with Gasteiger partial charge < -0.3 is 5.32 Å². The van der Waals surface area contributed by atoms with E-state index in [2.05, 4.69) is 5.32 Å². The van der Waals surface area contributed by atoms with Gasteiger partial charge in [-0.05, 0) is 47.2 Å². The molecule has 0 saturated carbocycles. The lowest BCUT2D eigenvalue weighted by Crippen LogP contribution is -2.31. The van der Waals surface area contributed by atoms with Crippen LogP contribution in [-0.2, 0) is 14.4 Å². The van der Waals surface area contributed by atoms with Gasteiger partial charge in [-0.3, -0.25) is 14.4 Å². The first-order valence-electron chi connectivity index (χ1n) is 9.04. The Morgan fingerprint density at radius 2 is 1.76 bits per heavy atom. The molecule has 0 radical (unpaired) electrons. The highest BCUT2D eigenvalue weighted by molar-refractivity contribution is 8.01. The van der Waals surface area contributed by atoms with E-state index in [1.165, 1.54) is 11.8 Å². The van der Waals surface area contributed by atoms with E-state index in [1.807, 2.05) is 42.5 Å². The molecule has 1 aliphatic heterocycles. The molecule has 1 saturated heterocycles. The minimum atomic E-state index is -0.569. The number of imide groups is 1. The summed E-state index contributed by atoms with van der Waals surface area (Å²) in [6.07, 6.45) is 0.0788. The maximum atomic E-state index is 12.6. The lowest BCUT2D eigenvalue weighted by Gasteiger charge is -2.15. The predicted molar refractivity (Wildman–Crippen MR) is 117 cm³/mol. The average Bonchev–Trinajstić information content (AvgIpc) is 3.00. The highest BCUT2D eigenvalue weighted by Gasteiger charge is 2.40. The zero-order valence-corrected chi connectivity index (χ0v) is 16.9. The number of hydrogen-bond acceptors (Lipinski definition) is 4. The number of carbonyl (C=O) groups is 3. The molecule has 1 fully saturated rings. The molecule has 0 aromatic heterocycles. The van der Waals surface area contributed by atoms with Crippen LogP contribution in [-0.4, -0.2) is 28.7 Å². The third-order valence-corrected chi connectivity index (χ3v) is 6.09. The number of hydrogen-bond donors (Lipinski definition) is 1. The number of carbonyl (C=O) groups excluding carboxylic acids is 3. The molecule has 3 aromatic rings. The van der Waals surface area contributed by atoms with Gasteiger partial charge in [0.15, 0.2) is 0 Å². The molecule has 0 bridgehead atoms. The molecular formula is C22H17ClN2O3S. The minimum absolute atomic E-state index is 0.0788. The Morgan fingerprint density at radius 1 is 1.03 bits per heavy atom. The molecule has 3 aromatic carbocycles. The summed E-state index contributed by atoms with van der Waals surface area (Å²) in [5.74, 6) is -0.702. The number of fused-ring (bicyclic) bond motifs is 1. The molecule has 1 heterocycles. The summed E-state index contributed by atoms with van der Waals surface area (Å²) in [7, 11) is 0. The smallest absolute Gasteiger partial charge is 0.247 e. The van der Waals surface area contributed by atoms with Crippen molar-refractivity contribution in [3.63, 3.8) is 0 Å². The van der Waals surface area contributed by atoms with Crippen LogP contribution in [0.25, 0.3) is 10.8 Å². The second-order valence-electron chi connectivity index (χ2n) is 6.66. The van der Waals surface area contributed by atoms with Crippen molar-refractivity contribution in [3.05, 3.63) is 71.8 Å². The fourth-order valence-electron chi connectivity index (χ4n) is 3.24. The minimum Gasteiger partial charge on any atom is -0.325 e. The molecule has 1 atom stereocenters. The first-order chi connectivity index (χ1) is 14.0. The third kappa shape index (κ3) is 4.28. The second kappa shape index (κ2) is 8.27. The van der Waals surface area contributed by atoms with Gasteiger partial charge in [-0.25, -0.2) is 4.90 Å². The van der Waals surface area contributed by atoms with E-state index in [0.717, 1.165) is 15.7 Å². The van der Waals surface area contributed by atoms with Crippen molar-refractivity contribution in [2.24, 2.45) is 0 Å². The summed E-state index contributed by atoms with van der Waals surface area (Å²) in [6, 6.07) is 20.1. The summed E-state index contributed by atoms with van der Waals surface area (Å²) in [6.45, 7) is 0. The molecule has 0 unspecified atom stereocenters. The van der Waals surface area contributed by atoms with E-state index in [9.17, 15) is 14.4 Å². The number of rotatable bonds is 5. The third-order valence-electron chi connectivity index (χ3n) is 4.64. The van der Waals surface area contributed by atoms with Crippen molar-refractivity contribution in [1.29, 1.82) is 0 Å². The van der Waals surface area contributed by atoms with Gasteiger partial charge >= 0.3 is 0 Å². The largest absolute Gasteiger partial charge is 0.325 e. The summed E-state index contributed by atoms with van der Waals surface area (Å²) >= 11 is 7.04. The number of anilines is 2. The predicted octanol–water partition coefficient (Wildman–Crippen LogP) is 4.50. The van der Waals surface area contributed by atoms with Crippen LogP contribution in [0.5, 0.6) is 0 Å². The van der Waals surface area contributed by atoms with Gasteiger partial charge in [0.2, 0.25) is 17.7 Å². The fraction of sp³-hybridized carbons (Fsp3) is 0.136. The maximum absolute atomic E-state index is 12.6. The molecule has 1 N–H and O–H groups in total. The van der Waals surface area contributed by atoms with Crippen molar-refractivity contribution in [1.82, 2.24) is 0 Å². The topological polar surface area (TPSA) is 66.5 Å².